The molecule has 1 aromatic heterocycles. The highest BCUT2D eigenvalue weighted by molar-refractivity contribution is 6.28. The summed E-state index contributed by atoms with van der Waals surface area (Å²) in [7, 11) is 0. The lowest BCUT2D eigenvalue weighted by molar-refractivity contribution is 0.292. The molecule has 0 atom stereocenters. The first-order valence-corrected chi connectivity index (χ1v) is 4.04. The molecule has 0 radical (unpaired) electrons. The van der Waals surface area contributed by atoms with Crippen molar-refractivity contribution in [3.8, 4) is 0 Å². The first-order valence-electron chi connectivity index (χ1n) is 3.66. The fourth-order valence-electron chi connectivity index (χ4n) is 0.729. The Morgan fingerprint density at radius 2 is 2.42 bits per heavy atom. The monoisotopic (exact) mass is 187 g/mol. The van der Waals surface area contributed by atoms with Crippen LogP contribution in [0.25, 0.3) is 0 Å². The van der Waals surface area contributed by atoms with Crippen molar-refractivity contribution in [1.29, 1.82) is 0 Å². The molecule has 0 aliphatic rings. The van der Waals surface area contributed by atoms with Crippen LogP contribution in [0.15, 0.2) is 12.3 Å². The molecule has 2 N–H and O–H groups in total. The third-order valence-corrected chi connectivity index (χ3v) is 1.45. The van der Waals surface area contributed by atoms with Gasteiger partial charge in [0.15, 0.2) is 0 Å². The summed E-state index contributed by atoms with van der Waals surface area (Å²) < 4.78 is 0. The van der Waals surface area contributed by atoms with Gasteiger partial charge < -0.3 is 10.4 Å². The highest BCUT2D eigenvalue weighted by Crippen LogP contribution is 2.05. The summed E-state index contributed by atoms with van der Waals surface area (Å²) in [5.74, 6) is 0.684. The van der Waals surface area contributed by atoms with Crippen LogP contribution in [0.3, 0.4) is 0 Å². The Labute approximate surface area is 75.6 Å². The van der Waals surface area contributed by atoms with Crippen LogP contribution in [-0.4, -0.2) is 28.2 Å². The van der Waals surface area contributed by atoms with Crippen LogP contribution in [0.4, 0.5) is 5.82 Å². The molecule has 5 heteroatoms. The van der Waals surface area contributed by atoms with Crippen molar-refractivity contribution in [3.05, 3.63) is 17.5 Å². The Hall–Kier alpha value is -0.870. The van der Waals surface area contributed by atoms with Gasteiger partial charge in [-0.1, -0.05) is 0 Å². The quantitative estimate of drug-likeness (QED) is 0.544. The number of anilines is 1. The van der Waals surface area contributed by atoms with Crippen LogP contribution in [0.1, 0.15) is 6.42 Å². The predicted molar refractivity (Wildman–Crippen MR) is 47.2 cm³/mol. The fourth-order valence-corrected chi connectivity index (χ4v) is 0.876. The SMILES string of the molecule is OCCCNc1ccnc(Cl)n1. The first kappa shape index (κ1) is 9.22. The molecule has 1 heterocycles. The predicted octanol–water partition coefficient (Wildman–Crippen LogP) is 0.924. The Bertz CT molecular complexity index is 244. The largest absolute Gasteiger partial charge is 0.396 e. The minimum atomic E-state index is 0.172. The van der Waals surface area contributed by atoms with Crippen molar-refractivity contribution in [1.82, 2.24) is 9.97 Å². The van der Waals surface area contributed by atoms with Crippen LogP contribution < -0.4 is 5.32 Å². The highest BCUT2D eigenvalue weighted by atomic mass is 35.5. The van der Waals surface area contributed by atoms with Crippen molar-refractivity contribution in [2.45, 2.75) is 6.42 Å². The van der Waals surface area contributed by atoms with Gasteiger partial charge in [0.2, 0.25) is 5.28 Å². The molecule has 1 rings (SSSR count). The topological polar surface area (TPSA) is 58.0 Å². The molecule has 0 aliphatic heterocycles. The van der Waals surface area contributed by atoms with E-state index in [-0.39, 0.29) is 11.9 Å². The van der Waals surface area contributed by atoms with Crippen LogP contribution >= 0.6 is 11.6 Å². The van der Waals surface area contributed by atoms with Crippen LogP contribution in [0.2, 0.25) is 5.28 Å². The first-order chi connectivity index (χ1) is 5.83. The van der Waals surface area contributed by atoms with Crippen LogP contribution in [-0.2, 0) is 0 Å². The van der Waals surface area contributed by atoms with Gasteiger partial charge in [0.1, 0.15) is 5.82 Å². The zero-order valence-electron chi connectivity index (χ0n) is 6.50. The van der Waals surface area contributed by atoms with Gasteiger partial charge in [-0.05, 0) is 24.1 Å². The molecular formula is C7H10ClN3O. The second-order valence-electron chi connectivity index (χ2n) is 2.21. The zero-order valence-corrected chi connectivity index (χ0v) is 7.25. The summed E-state index contributed by atoms with van der Waals surface area (Å²) in [6, 6.07) is 1.73. The number of nitrogens with zero attached hydrogens (tertiary/aromatic N) is 2. The maximum absolute atomic E-state index is 8.50. The summed E-state index contributed by atoms with van der Waals surface area (Å²) in [4.78, 5) is 7.64. The number of hydrogen-bond acceptors (Lipinski definition) is 4. The third kappa shape index (κ3) is 3.02. The summed E-state index contributed by atoms with van der Waals surface area (Å²) in [6.07, 6.45) is 2.28. The Morgan fingerprint density at radius 3 is 3.08 bits per heavy atom. The standard InChI is InChI=1S/C7H10ClN3O/c8-7-10-4-2-6(11-7)9-3-1-5-12/h2,4,12H,1,3,5H2,(H,9,10,11). The van der Waals surface area contributed by atoms with E-state index in [0.29, 0.717) is 18.8 Å². The molecule has 0 aromatic carbocycles. The summed E-state index contributed by atoms with van der Waals surface area (Å²) in [5.41, 5.74) is 0. The minimum absolute atomic E-state index is 0.172. The molecule has 12 heavy (non-hydrogen) atoms. The molecule has 0 fully saturated rings. The fraction of sp³-hybridized carbons (Fsp3) is 0.429. The number of aromatic nitrogens is 2. The van der Waals surface area contributed by atoms with Crippen molar-refractivity contribution in [2.24, 2.45) is 0 Å². The minimum Gasteiger partial charge on any atom is -0.396 e. The Balaban J connectivity index is 2.41. The van der Waals surface area contributed by atoms with Gasteiger partial charge in [-0.25, -0.2) is 9.97 Å². The Kier molecular flexibility index (Phi) is 3.76. The summed E-state index contributed by atoms with van der Waals surface area (Å²) in [6.45, 7) is 0.857. The normalized spacial score (nSPS) is 9.83. The maximum Gasteiger partial charge on any atom is 0.224 e. The van der Waals surface area contributed by atoms with E-state index in [2.05, 4.69) is 15.3 Å². The number of aliphatic hydroxyl groups excluding tert-OH is 1. The van der Waals surface area contributed by atoms with E-state index in [1.807, 2.05) is 0 Å². The van der Waals surface area contributed by atoms with E-state index in [4.69, 9.17) is 16.7 Å². The van der Waals surface area contributed by atoms with E-state index >= 15 is 0 Å². The molecule has 0 spiro atoms. The summed E-state index contributed by atoms with van der Waals surface area (Å²) >= 11 is 5.55. The van der Waals surface area contributed by atoms with Crippen LogP contribution in [0, 0.1) is 0 Å². The van der Waals surface area contributed by atoms with Crippen molar-refractivity contribution in [3.63, 3.8) is 0 Å². The molecule has 0 saturated carbocycles. The second-order valence-corrected chi connectivity index (χ2v) is 2.55. The van der Waals surface area contributed by atoms with E-state index in [0.717, 1.165) is 0 Å². The second kappa shape index (κ2) is 4.90. The lowest BCUT2D eigenvalue weighted by Crippen LogP contribution is -2.05. The van der Waals surface area contributed by atoms with Gasteiger partial charge in [0.25, 0.3) is 0 Å². The van der Waals surface area contributed by atoms with Crippen molar-refractivity contribution < 1.29 is 5.11 Å². The molecule has 0 bridgehead atoms. The van der Waals surface area contributed by atoms with E-state index < -0.39 is 0 Å². The average Bonchev–Trinajstić information content (AvgIpc) is 2.05. The molecule has 4 nitrogen and oxygen atoms in total. The van der Waals surface area contributed by atoms with Gasteiger partial charge >= 0.3 is 0 Å². The van der Waals surface area contributed by atoms with Gasteiger partial charge in [-0.3, -0.25) is 0 Å². The third-order valence-electron chi connectivity index (χ3n) is 1.27. The van der Waals surface area contributed by atoms with Crippen molar-refractivity contribution in [2.75, 3.05) is 18.5 Å². The van der Waals surface area contributed by atoms with Crippen molar-refractivity contribution >= 4 is 17.4 Å². The smallest absolute Gasteiger partial charge is 0.224 e. The maximum atomic E-state index is 8.50. The summed E-state index contributed by atoms with van der Waals surface area (Å²) in [5, 5.41) is 11.7. The van der Waals surface area contributed by atoms with Gasteiger partial charge in [0.05, 0.1) is 0 Å². The highest BCUT2D eigenvalue weighted by Gasteiger charge is 1.93. The molecule has 1 aromatic rings. The van der Waals surface area contributed by atoms with Gasteiger partial charge in [0, 0.05) is 19.3 Å². The molecule has 66 valence electrons. The van der Waals surface area contributed by atoms with E-state index in [9.17, 15) is 0 Å². The van der Waals surface area contributed by atoms with Gasteiger partial charge in [-0.15, -0.1) is 0 Å². The number of halogens is 1. The van der Waals surface area contributed by atoms with Gasteiger partial charge in [-0.2, -0.15) is 0 Å². The van der Waals surface area contributed by atoms with E-state index in [1.165, 1.54) is 0 Å². The van der Waals surface area contributed by atoms with Crippen LogP contribution in [0.5, 0.6) is 0 Å². The number of hydrogen-bond donors (Lipinski definition) is 2. The molecule has 0 unspecified atom stereocenters. The lowest BCUT2D eigenvalue weighted by Gasteiger charge is -2.02. The zero-order chi connectivity index (χ0) is 8.81. The number of nitrogens with one attached hydrogen (secondary N) is 1. The Morgan fingerprint density at radius 1 is 1.58 bits per heavy atom. The molecule has 0 saturated heterocycles. The average molecular weight is 188 g/mol. The molecule has 0 amide bonds. The van der Waals surface area contributed by atoms with E-state index in [1.54, 1.807) is 12.3 Å². The molecule has 0 aliphatic carbocycles. The lowest BCUT2D eigenvalue weighted by atomic mass is 10.4. The number of rotatable bonds is 4. The molecular weight excluding hydrogens is 178 g/mol. The number of aliphatic hydroxyl groups is 1.